The molecule has 0 aliphatic carbocycles. The second kappa shape index (κ2) is 7.35. The Morgan fingerprint density at radius 1 is 1.15 bits per heavy atom. The van der Waals surface area contributed by atoms with Gasteiger partial charge in [0, 0.05) is 13.2 Å². The average molecular weight is 353 g/mol. The molecule has 2 heterocycles. The summed E-state index contributed by atoms with van der Waals surface area (Å²) in [5, 5.41) is 0. The number of ether oxygens (including phenoxy) is 1. The zero-order valence-corrected chi connectivity index (χ0v) is 14.6. The lowest BCUT2D eigenvalue weighted by Crippen LogP contribution is -2.59. The van der Waals surface area contributed by atoms with Gasteiger partial charge in [0.05, 0.1) is 18.7 Å². The van der Waals surface area contributed by atoms with Crippen molar-refractivity contribution in [2.24, 2.45) is 0 Å². The van der Waals surface area contributed by atoms with E-state index in [1.54, 1.807) is 19.1 Å². The Balaban J connectivity index is 2.04. The fourth-order valence-electron chi connectivity index (χ4n) is 2.93. The lowest BCUT2D eigenvalue weighted by molar-refractivity contribution is -0.149. The van der Waals surface area contributed by atoms with Crippen molar-refractivity contribution in [2.45, 2.75) is 19.4 Å². The van der Waals surface area contributed by atoms with E-state index in [0.29, 0.717) is 11.5 Å². The van der Waals surface area contributed by atoms with Crippen molar-refractivity contribution in [1.82, 2.24) is 4.98 Å². The maximum Gasteiger partial charge on any atom is 0.339 e. The van der Waals surface area contributed by atoms with Crippen molar-refractivity contribution in [3.8, 4) is 0 Å². The van der Waals surface area contributed by atoms with Gasteiger partial charge in [-0.15, -0.1) is 0 Å². The van der Waals surface area contributed by atoms with Crippen LogP contribution in [0.5, 0.6) is 0 Å². The Morgan fingerprint density at radius 3 is 2.58 bits per heavy atom. The minimum Gasteiger partial charge on any atom is -0.464 e. The first-order valence-electron chi connectivity index (χ1n) is 8.29. The predicted octanol–water partition coefficient (Wildman–Crippen LogP) is 1.57. The number of aromatic nitrogens is 1. The van der Waals surface area contributed by atoms with Crippen molar-refractivity contribution >= 4 is 29.3 Å². The minimum absolute atomic E-state index is 0.0576. The van der Waals surface area contributed by atoms with E-state index in [9.17, 15) is 14.4 Å². The van der Waals surface area contributed by atoms with Crippen LogP contribution in [0, 0.1) is 0 Å². The standard InChI is InChI=1S/C19H19N3O4/c1-3-26-19(25)16-18(24)21(2)17-14(10-7-11-20-17)22(16)15(23)12-13-8-5-4-6-9-13/h4-11,16H,3,12H2,1-2H3. The molecule has 2 amide bonds. The van der Waals surface area contributed by atoms with Gasteiger partial charge in [-0.05, 0) is 24.6 Å². The van der Waals surface area contributed by atoms with Gasteiger partial charge in [-0.3, -0.25) is 19.4 Å². The van der Waals surface area contributed by atoms with Gasteiger partial charge in [-0.1, -0.05) is 30.3 Å². The van der Waals surface area contributed by atoms with Crippen LogP contribution in [0.15, 0.2) is 48.7 Å². The van der Waals surface area contributed by atoms with Crippen LogP contribution in [0.25, 0.3) is 0 Å². The molecule has 1 aromatic carbocycles. The first-order chi connectivity index (χ1) is 12.5. The van der Waals surface area contributed by atoms with Crippen molar-refractivity contribution < 1.29 is 19.1 Å². The highest BCUT2D eigenvalue weighted by Crippen LogP contribution is 2.34. The molecule has 7 heteroatoms. The molecule has 1 aromatic heterocycles. The second-order valence-corrected chi connectivity index (χ2v) is 5.82. The van der Waals surface area contributed by atoms with Crippen molar-refractivity contribution in [1.29, 1.82) is 0 Å². The zero-order chi connectivity index (χ0) is 18.7. The molecule has 0 fully saturated rings. The number of carbonyl (C=O) groups is 3. The summed E-state index contributed by atoms with van der Waals surface area (Å²) in [7, 11) is 1.53. The molecule has 3 rings (SSSR count). The maximum absolute atomic E-state index is 13.0. The summed E-state index contributed by atoms with van der Waals surface area (Å²) in [6, 6.07) is 11.1. The van der Waals surface area contributed by atoms with Crippen LogP contribution in [0.4, 0.5) is 11.5 Å². The summed E-state index contributed by atoms with van der Waals surface area (Å²) in [5.74, 6) is -1.33. The highest BCUT2D eigenvalue weighted by molar-refractivity contribution is 6.21. The summed E-state index contributed by atoms with van der Waals surface area (Å²) in [6.07, 6.45) is 1.59. The van der Waals surface area contributed by atoms with E-state index in [2.05, 4.69) is 4.98 Å². The molecule has 1 aliphatic heterocycles. The molecular weight excluding hydrogens is 334 g/mol. The third-order valence-electron chi connectivity index (χ3n) is 4.14. The van der Waals surface area contributed by atoms with Crippen LogP contribution < -0.4 is 9.80 Å². The number of nitrogens with zero attached hydrogens (tertiary/aromatic N) is 3. The molecule has 2 aromatic rings. The predicted molar refractivity (Wildman–Crippen MR) is 95.7 cm³/mol. The molecule has 26 heavy (non-hydrogen) atoms. The van der Waals surface area contributed by atoms with E-state index in [1.165, 1.54) is 23.0 Å². The van der Waals surface area contributed by atoms with Crippen LogP contribution in [0.1, 0.15) is 12.5 Å². The summed E-state index contributed by atoms with van der Waals surface area (Å²) in [5.41, 5.74) is 1.20. The van der Waals surface area contributed by atoms with Gasteiger partial charge < -0.3 is 4.74 Å². The zero-order valence-electron chi connectivity index (χ0n) is 14.6. The lowest BCUT2D eigenvalue weighted by Gasteiger charge is -2.38. The monoisotopic (exact) mass is 353 g/mol. The Labute approximate surface area is 151 Å². The molecule has 0 saturated carbocycles. The van der Waals surface area contributed by atoms with E-state index in [4.69, 9.17) is 4.74 Å². The van der Waals surface area contributed by atoms with E-state index < -0.39 is 17.9 Å². The SMILES string of the molecule is CCOC(=O)C1C(=O)N(C)c2ncccc2N1C(=O)Cc1ccccc1. The number of anilines is 2. The molecule has 134 valence electrons. The van der Waals surface area contributed by atoms with E-state index in [0.717, 1.165) is 5.56 Å². The number of likely N-dealkylation sites (N-methyl/N-ethyl adjacent to an activating group) is 1. The smallest absolute Gasteiger partial charge is 0.339 e. The van der Waals surface area contributed by atoms with Crippen molar-refractivity contribution in [2.75, 3.05) is 23.5 Å². The fraction of sp³-hybridized carbons (Fsp3) is 0.263. The largest absolute Gasteiger partial charge is 0.464 e. The highest BCUT2D eigenvalue weighted by Gasteiger charge is 2.45. The molecule has 0 N–H and O–H groups in total. The number of fused-ring (bicyclic) bond motifs is 1. The Hall–Kier alpha value is -3.22. The first kappa shape index (κ1) is 17.6. The molecule has 0 saturated heterocycles. The Bertz CT molecular complexity index is 838. The molecule has 0 spiro atoms. The number of carbonyl (C=O) groups excluding carboxylic acids is 3. The molecule has 1 unspecified atom stereocenters. The molecular formula is C19H19N3O4. The van der Waals surface area contributed by atoms with E-state index in [1.807, 2.05) is 30.3 Å². The highest BCUT2D eigenvalue weighted by atomic mass is 16.5. The third kappa shape index (κ3) is 3.15. The number of hydrogen-bond acceptors (Lipinski definition) is 5. The van der Waals surface area contributed by atoms with Crippen LogP contribution in [-0.4, -0.2) is 42.5 Å². The van der Waals surface area contributed by atoms with Gasteiger partial charge in [-0.25, -0.2) is 9.78 Å². The fourth-order valence-corrected chi connectivity index (χ4v) is 2.93. The summed E-state index contributed by atoms with van der Waals surface area (Å²) in [4.78, 5) is 44.9. The number of benzene rings is 1. The van der Waals surface area contributed by atoms with Crippen LogP contribution in [0.2, 0.25) is 0 Å². The third-order valence-corrected chi connectivity index (χ3v) is 4.14. The van der Waals surface area contributed by atoms with Crippen molar-refractivity contribution in [3.63, 3.8) is 0 Å². The number of rotatable bonds is 4. The number of hydrogen-bond donors (Lipinski definition) is 0. The molecule has 1 atom stereocenters. The lowest BCUT2D eigenvalue weighted by atomic mass is 10.1. The molecule has 7 nitrogen and oxygen atoms in total. The maximum atomic E-state index is 13.0. The van der Waals surface area contributed by atoms with Crippen LogP contribution in [-0.2, 0) is 25.5 Å². The summed E-state index contributed by atoms with van der Waals surface area (Å²) in [6.45, 7) is 1.77. The number of pyridine rings is 1. The number of esters is 1. The quantitative estimate of drug-likeness (QED) is 0.616. The second-order valence-electron chi connectivity index (χ2n) is 5.82. The van der Waals surface area contributed by atoms with Crippen LogP contribution >= 0.6 is 0 Å². The van der Waals surface area contributed by atoms with Crippen molar-refractivity contribution in [3.05, 3.63) is 54.2 Å². The van der Waals surface area contributed by atoms with Gasteiger partial charge in [0.1, 0.15) is 0 Å². The normalized spacial score (nSPS) is 16.2. The number of amides is 2. The minimum atomic E-state index is -1.35. The summed E-state index contributed by atoms with van der Waals surface area (Å²) < 4.78 is 5.05. The molecule has 1 aliphatic rings. The molecule has 0 bridgehead atoms. The van der Waals surface area contributed by atoms with Gasteiger partial charge >= 0.3 is 5.97 Å². The van der Waals surface area contributed by atoms with Gasteiger partial charge in [0.2, 0.25) is 11.9 Å². The van der Waals surface area contributed by atoms with Crippen LogP contribution in [0.3, 0.4) is 0 Å². The average Bonchev–Trinajstić information content (AvgIpc) is 2.65. The first-order valence-corrected chi connectivity index (χ1v) is 8.29. The Kier molecular flexibility index (Phi) is 4.97. The van der Waals surface area contributed by atoms with Gasteiger partial charge in [-0.2, -0.15) is 0 Å². The van der Waals surface area contributed by atoms with Gasteiger partial charge in [0.15, 0.2) is 5.82 Å². The topological polar surface area (TPSA) is 79.8 Å². The van der Waals surface area contributed by atoms with E-state index in [-0.39, 0.29) is 18.9 Å². The summed E-state index contributed by atoms with van der Waals surface area (Å²) >= 11 is 0. The Morgan fingerprint density at radius 2 is 1.88 bits per heavy atom. The van der Waals surface area contributed by atoms with E-state index >= 15 is 0 Å². The van der Waals surface area contributed by atoms with Gasteiger partial charge in [0.25, 0.3) is 5.91 Å². The molecule has 0 radical (unpaired) electrons.